The Morgan fingerprint density at radius 2 is 1.79 bits per heavy atom. The second-order valence-electron chi connectivity index (χ2n) is 6.94. The van der Waals surface area contributed by atoms with Gasteiger partial charge in [-0.2, -0.15) is 0 Å². The van der Waals surface area contributed by atoms with E-state index in [1.54, 1.807) is 12.1 Å². The normalized spacial score (nSPS) is 11.6. The molecule has 4 nitrogen and oxygen atoms in total. The van der Waals surface area contributed by atoms with Gasteiger partial charge in [0, 0.05) is 18.4 Å². The molecule has 1 aromatic rings. The van der Waals surface area contributed by atoms with Crippen LogP contribution >= 0.6 is 0 Å². The molecule has 28 heavy (non-hydrogen) atoms. The van der Waals surface area contributed by atoms with Crippen molar-refractivity contribution in [1.82, 2.24) is 0 Å². The van der Waals surface area contributed by atoms with Crippen LogP contribution in [0.4, 0.5) is 0 Å². The lowest BCUT2D eigenvalue weighted by atomic mass is 9.96. The number of Topliss-reactive ketones (excluding diaryl/α,β-unsaturated/α-hetero) is 2. The molecule has 1 rings (SSSR count). The van der Waals surface area contributed by atoms with Crippen LogP contribution in [-0.4, -0.2) is 24.6 Å². The molecular weight excluding hydrogens is 352 g/mol. The molecule has 4 heteroatoms. The highest BCUT2D eigenvalue weighted by atomic mass is 16.5. The first-order chi connectivity index (χ1) is 13.4. The number of ether oxygens (including phenoxy) is 1. The van der Waals surface area contributed by atoms with E-state index in [0.29, 0.717) is 23.1 Å². The van der Waals surface area contributed by atoms with Gasteiger partial charge in [-0.15, -0.1) is 0 Å². The minimum absolute atomic E-state index is 0.0576. The summed E-state index contributed by atoms with van der Waals surface area (Å²) in [6.07, 6.45) is 11.4. The average Bonchev–Trinajstić information content (AvgIpc) is 2.67. The Kier molecular flexibility index (Phi) is 10.8. The zero-order chi connectivity index (χ0) is 20.9. The molecule has 0 atom stereocenters. The minimum atomic E-state index is -0.469. The van der Waals surface area contributed by atoms with Gasteiger partial charge in [0.15, 0.2) is 5.78 Å². The van der Waals surface area contributed by atoms with Gasteiger partial charge < -0.3 is 4.74 Å². The number of allylic oxidation sites excluding steroid dienone is 2. The number of unbranched alkanes of at least 4 members (excludes halogenated alkanes) is 4. The molecule has 0 N–H and O–H groups in total. The summed E-state index contributed by atoms with van der Waals surface area (Å²) >= 11 is 0. The number of benzene rings is 1. The van der Waals surface area contributed by atoms with Crippen molar-refractivity contribution in [2.24, 2.45) is 0 Å². The first-order valence-corrected chi connectivity index (χ1v) is 10.0. The maximum atomic E-state index is 12.3. The third kappa shape index (κ3) is 8.03. The molecule has 0 spiro atoms. The highest BCUT2D eigenvalue weighted by molar-refractivity contribution is 6.04. The summed E-state index contributed by atoms with van der Waals surface area (Å²) in [5.41, 5.74) is 2.29. The number of rotatable bonds is 12. The van der Waals surface area contributed by atoms with Gasteiger partial charge in [0.25, 0.3) is 0 Å². The molecule has 0 aliphatic carbocycles. The summed E-state index contributed by atoms with van der Waals surface area (Å²) < 4.78 is 4.85. The summed E-state index contributed by atoms with van der Waals surface area (Å²) in [4.78, 5) is 36.5. The number of hydrogen-bond donors (Lipinski definition) is 0. The van der Waals surface area contributed by atoms with Crippen LogP contribution in [0.2, 0.25) is 0 Å². The fourth-order valence-corrected chi connectivity index (χ4v) is 2.98. The monoisotopic (exact) mass is 384 g/mol. The van der Waals surface area contributed by atoms with Gasteiger partial charge in [-0.3, -0.25) is 9.59 Å². The van der Waals surface area contributed by atoms with Gasteiger partial charge in [0.2, 0.25) is 0 Å². The Balaban J connectivity index is 3.03. The molecule has 0 bridgehead atoms. The quantitative estimate of drug-likeness (QED) is 0.260. The molecule has 0 aromatic heterocycles. The lowest BCUT2D eigenvalue weighted by Crippen LogP contribution is -2.08. The van der Waals surface area contributed by atoms with Gasteiger partial charge in [0.05, 0.1) is 12.7 Å². The number of carbonyl (C=O) groups excluding carboxylic acids is 3. The Morgan fingerprint density at radius 3 is 2.39 bits per heavy atom. The maximum Gasteiger partial charge on any atom is 0.338 e. The van der Waals surface area contributed by atoms with E-state index >= 15 is 0 Å². The van der Waals surface area contributed by atoms with Gasteiger partial charge >= 0.3 is 5.97 Å². The maximum absolute atomic E-state index is 12.3. The Morgan fingerprint density at radius 1 is 1.07 bits per heavy atom. The summed E-state index contributed by atoms with van der Waals surface area (Å²) in [7, 11) is 1.32. The van der Waals surface area contributed by atoms with Crippen molar-refractivity contribution < 1.29 is 19.1 Å². The van der Waals surface area contributed by atoms with E-state index in [1.165, 1.54) is 26.9 Å². The van der Waals surface area contributed by atoms with Gasteiger partial charge in [-0.1, -0.05) is 50.8 Å². The molecule has 152 valence electrons. The number of hydrogen-bond acceptors (Lipinski definition) is 4. The standard InChI is InChI=1S/C24H32O4/c1-5-7-8-9-10-12-22(26)17-20(18(3)25)16-21-15-19(11-6-2)13-14-23(21)24(27)28-4/h6,11,13-16H,5,7-10,12,17H2,1-4H3/b11-6+,20-16+. The van der Waals surface area contributed by atoms with Crippen molar-refractivity contribution in [3.8, 4) is 0 Å². The zero-order valence-corrected chi connectivity index (χ0v) is 17.5. The third-order valence-corrected chi connectivity index (χ3v) is 4.57. The Labute approximate surface area is 168 Å². The van der Waals surface area contributed by atoms with Crippen molar-refractivity contribution >= 4 is 29.7 Å². The van der Waals surface area contributed by atoms with Crippen molar-refractivity contribution in [3.05, 3.63) is 46.5 Å². The lowest BCUT2D eigenvalue weighted by molar-refractivity contribution is -0.120. The first-order valence-electron chi connectivity index (χ1n) is 10.0. The molecule has 0 radical (unpaired) electrons. The highest BCUT2D eigenvalue weighted by Crippen LogP contribution is 2.20. The van der Waals surface area contributed by atoms with Crippen LogP contribution in [0.5, 0.6) is 0 Å². The highest BCUT2D eigenvalue weighted by Gasteiger charge is 2.15. The zero-order valence-electron chi connectivity index (χ0n) is 17.5. The number of esters is 1. The smallest absolute Gasteiger partial charge is 0.338 e. The molecule has 0 amide bonds. The van der Waals surface area contributed by atoms with Crippen LogP contribution < -0.4 is 0 Å². The van der Waals surface area contributed by atoms with Crippen LogP contribution in [0.15, 0.2) is 29.8 Å². The molecule has 1 aromatic carbocycles. The van der Waals surface area contributed by atoms with Gasteiger partial charge in [-0.25, -0.2) is 4.79 Å². The molecular formula is C24H32O4. The number of ketones is 2. The molecule has 0 unspecified atom stereocenters. The molecule has 0 saturated heterocycles. The third-order valence-electron chi connectivity index (χ3n) is 4.57. The fraction of sp³-hybridized carbons (Fsp3) is 0.458. The van der Waals surface area contributed by atoms with Gasteiger partial charge in [-0.05, 0) is 49.6 Å². The lowest BCUT2D eigenvalue weighted by Gasteiger charge is -2.09. The fourth-order valence-electron chi connectivity index (χ4n) is 2.98. The summed E-state index contributed by atoms with van der Waals surface area (Å²) in [5.74, 6) is -0.572. The minimum Gasteiger partial charge on any atom is -0.465 e. The van der Waals surface area contributed by atoms with Crippen LogP contribution in [0.3, 0.4) is 0 Å². The average molecular weight is 385 g/mol. The predicted octanol–water partition coefficient (Wildman–Crippen LogP) is 5.80. The van der Waals surface area contributed by atoms with Crippen LogP contribution in [0.25, 0.3) is 12.2 Å². The van der Waals surface area contributed by atoms with Crippen molar-refractivity contribution in [2.45, 2.75) is 65.7 Å². The number of methoxy groups -OCH3 is 1. The van der Waals surface area contributed by atoms with Crippen LogP contribution in [0.1, 0.15) is 87.2 Å². The van der Waals surface area contributed by atoms with Crippen LogP contribution in [0, 0.1) is 0 Å². The summed E-state index contributed by atoms with van der Waals surface area (Å²) in [5, 5.41) is 0. The van der Waals surface area contributed by atoms with Crippen LogP contribution in [-0.2, 0) is 14.3 Å². The van der Waals surface area contributed by atoms with E-state index in [4.69, 9.17) is 4.74 Å². The number of carbonyl (C=O) groups is 3. The van der Waals surface area contributed by atoms with E-state index in [9.17, 15) is 14.4 Å². The predicted molar refractivity (Wildman–Crippen MR) is 114 cm³/mol. The van der Waals surface area contributed by atoms with Crippen molar-refractivity contribution in [1.29, 1.82) is 0 Å². The molecule has 0 fully saturated rings. The second-order valence-corrected chi connectivity index (χ2v) is 6.94. The first kappa shape index (κ1) is 23.5. The largest absolute Gasteiger partial charge is 0.465 e. The SMILES string of the molecule is C/C=C/c1ccc(C(=O)OC)c(/C=C(\CC(=O)CCCCCCC)C(C)=O)c1. The molecule has 0 aliphatic heterocycles. The van der Waals surface area contributed by atoms with Crippen molar-refractivity contribution in [3.63, 3.8) is 0 Å². The molecule has 0 aliphatic rings. The Hall–Kier alpha value is -2.49. The molecule has 0 heterocycles. The summed E-state index contributed by atoms with van der Waals surface area (Å²) in [6, 6.07) is 5.32. The van der Waals surface area contributed by atoms with Gasteiger partial charge in [0.1, 0.15) is 5.78 Å². The topological polar surface area (TPSA) is 60.4 Å². The van der Waals surface area contributed by atoms with E-state index in [-0.39, 0.29) is 18.0 Å². The van der Waals surface area contributed by atoms with E-state index in [0.717, 1.165) is 24.8 Å². The van der Waals surface area contributed by atoms with Crippen molar-refractivity contribution in [2.75, 3.05) is 7.11 Å². The van der Waals surface area contributed by atoms with E-state index < -0.39 is 5.97 Å². The molecule has 0 saturated carbocycles. The summed E-state index contributed by atoms with van der Waals surface area (Å²) in [6.45, 7) is 5.51. The van der Waals surface area contributed by atoms with E-state index in [2.05, 4.69) is 6.92 Å². The second kappa shape index (κ2) is 12.8. The Bertz CT molecular complexity index is 741. The van der Waals surface area contributed by atoms with E-state index in [1.807, 2.05) is 31.2 Å².